The summed E-state index contributed by atoms with van der Waals surface area (Å²) < 4.78 is 1.25. The van der Waals surface area contributed by atoms with E-state index in [0.717, 1.165) is 5.69 Å². The molecule has 0 aliphatic carbocycles. The number of H-pyrrole nitrogens is 1. The number of fused-ring (bicyclic) bond motifs is 1. The number of para-hydroxylation sites is 1. The number of aryl methyl sites for hydroxylation is 2. The van der Waals surface area contributed by atoms with Crippen molar-refractivity contribution in [3.63, 3.8) is 0 Å². The third-order valence-corrected chi connectivity index (χ3v) is 4.66. The van der Waals surface area contributed by atoms with Gasteiger partial charge in [-0.1, -0.05) is 25.1 Å². The lowest BCUT2D eigenvalue weighted by Gasteiger charge is -2.19. The van der Waals surface area contributed by atoms with Gasteiger partial charge < -0.3 is 10.2 Å². The van der Waals surface area contributed by atoms with Gasteiger partial charge >= 0.3 is 5.69 Å². The first-order chi connectivity index (χ1) is 13.4. The molecule has 1 amide bonds. The fourth-order valence-corrected chi connectivity index (χ4v) is 2.99. The molecule has 0 fully saturated rings. The van der Waals surface area contributed by atoms with Gasteiger partial charge in [-0.05, 0) is 24.6 Å². The zero-order valence-corrected chi connectivity index (χ0v) is 16.2. The smallest absolute Gasteiger partial charge is 0.329 e. The SMILES string of the molecule is CCc1cc(C(=O)NCCN(C)c2ccccc2)c2c(=O)[nH]c(=O)n(C)c2n1. The van der Waals surface area contributed by atoms with Crippen molar-refractivity contribution in [2.75, 3.05) is 25.0 Å². The molecule has 8 heteroatoms. The van der Waals surface area contributed by atoms with Gasteiger partial charge in [0.1, 0.15) is 5.65 Å². The van der Waals surface area contributed by atoms with Crippen LogP contribution >= 0.6 is 0 Å². The van der Waals surface area contributed by atoms with Crippen LogP contribution in [-0.2, 0) is 13.5 Å². The molecule has 0 atom stereocenters. The summed E-state index contributed by atoms with van der Waals surface area (Å²) in [5.74, 6) is -0.368. The maximum atomic E-state index is 12.8. The number of carbonyl (C=O) groups excluding carboxylic acids is 1. The molecule has 0 bridgehead atoms. The van der Waals surface area contributed by atoms with E-state index in [2.05, 4.69) is 15.3 Å². The standard InChI is InChI=1S/C20H23N5O3/c1-4-13-12-15(16-17(22-13)25(3)20(28)23-19(16)27)18(26)21-10-11-24(2)14-8-6-5-7-9-14/h5-9,12H,4,10-11H2,1-3H3,(H,21,26)(H,23,27,28). The number of benzene rings is 1. The van der Waals surface area contributed by atoms with Crippen LogP contribution in [0.3, 0.4) is 0 Å². The first kappa shape index (κ1) is 19.3. The van der Waals surface area contributed by atoms with Gasteiger partial charge in [-0.2, -0.15) is 0 Å². The molecule has 28 heavy (non-hydrogen) atoms. The van der Waals surface area contributed by atoms with Gasteiger partial charge in [0.25, 0.3) is 11.5 Å². The Morgan fingerprint density at radius 1 is 1.25 bits per heavy atom. The van der Waals surface area contributed by atoms with Crippen LogP contribution in [0.25, 0.3) is 11.0 Å². The topological polar surface area (TPSA) is 100 Å². The number of likely N-dealkylation sites (N-methyl/N-ethyl adjacent to an activating group) is 1. The Bertz CT molecular complexity index is 1120. The maximum Gasteiger partial charge on any atom is 0.329 e. The summed E-state index contributed by atoms with van der Waals surface area (Å²) in [5.41, 5.74) is 0.945. The van der Waals surface area contributed by atoms with Gasteiger partial charge in [-0.15, -0.1) is 0 Å². The summed E-state index contributed by atoms with van der Waals surface area (Å²) in [5, 5.41) is 2.97. The predicted octanol–water partition coefficient (Wildman–Crippen LogP) is 1.05. The van der Waals surface area contributed by atoms with Crippen molar-refractivity contribution in [1.82, 2.24) is 19.9 Å². The average molecular weight is 381 g/mol. The summed E-state index contributed by atoms with van der Waals surface area (Å²) in [6.07, 6.45) is 0.577. The molecule has 0 saturated carbocycles. The quantitative estimate of drug-likeness (QED) is 0.665. The molecule has 0 unspecified atom stereocenters. The van der Waals surface area contributed by atoms with Gasteiger partial charge in [0.05, 0.1) is 10.9 Å². The molecule has 146 valence electrons. The molecule has 2 N–H and O–H groups in total. The maximum absolute atomic E-state index is 12.8. The zero-order chi connectivity index (χ0) is 20.3. The van der Waals surface area contributed by atoms with Crippen LogP contribution in [0.4, 0.5) is 5.69 Å². The average Bonchev–Trinajstić information content (AvgIpc) is 2.71. The molecule has 2 aromatic heterocycles. The lowest BCUT2D eigenvalue weighted by molar-refractivity contribution is 0.0956. The minimum absolute atomic E-state index is 0.119. The van der Waals surface area contributed by atoms with Crippen LogP contribution in [0.1, 0.15) is 23.0 Å². The Labute approximate surface area is 161 Å². The zero-order valence-electron chi connectivity index (χ0n) is 16.2. The van der Waals surface area contributed by atoms with E-state index in [4.69, 9.17) is 0 Å². The minimum Gasteiger partial charge on any atom is -0.373 e. The number of aromatic amines is 1. The number of aromatic nitrogens is 3. The first-order valence-corrected chi connectivity index (χ1v) is 9.09. The number of rotatable bonds is 6. The molecular weight excluding hydrogens is 358 g/mol. The largest absolute Gasteiger partial charge is 0.373 e. The van der Waals surface area contributed by atoms with Crippen LogP contribution in [0.2, 0.25) is 0 Å². The normalized spacial score (nSPS) is 10.8. The second-order valence-corrected chi connectivity index (χ2v) is 6.54. The predicted molar refractivity (Wildman–Crippen MR) is 109 cm³/mol. The third kappa shape index (κ3) is 3.80. The number of nitrogens with zero attached hydrogens (tertiary/aromatic N) is 3. The molecule has 3 aromatic rings. The summed E-state index contributed by atoms with van der Waals surface area (Å²) in [4.78, 5) is 45.6. The molecule has 0 saturated heterocycles. The van der Waals surface area contributed by atoms with Crippen molar-refractivity contribution >= 4 is 22.6 Å². The van der Waals surface area contributed by atoms with Gasteiger partial charge in [0.2, 0.25) is 0 Å². The summed E-state index contributed by atoms with van der Waals surface area (Å²) in [6, 6.07) is 11.5. The molecule has 1 aromatic carbocycles. The number of hydrogen-bond donors (Lipinski definition) is 2. The van der Waals surface area contributed by atoms with Crippen molar-refractivity contribution in [2.45, 2.75) is 13.3 Å². The summed E-state index contributed by atoms with van der Waals surface area (Å²) in [7, 11) is 3.46. The lowest BCUT2D eigenvalue weighted by Crippen LogP contribution is -2.35. The van der Waals surface area contributed by atoms with E-state index in [-0.39, 0.29) is 22.5 Å². The highest BCUT2D eigenvalue weighted by Crippen LogP contribution is 2.14. The van der Waals surface area contributed by atoms with E-state index in [1.165, 1.54) is 11.6 Å². The van der Waals surface area contributed by atoms with E-state index in [0.29, 0.717) is 25.2 Å². The lowest BCUT2D eigenvalue weighted by atomic mass is 10.1. The Kier molecular flexibility index (Phi) is 5.58. The second-order valence-electron chi connectivity index (χ2n) is 6.54. The molecule has 8 nitrogen and oxygen atoms in total. The van der Waals surface area contributed by atoms with Crippen molar-refractivity contribution in [2.24, 2.45) is 7.05 Å². The fraction of sp³-hybridized carbons (Fsp3) is 0.300. The Balaban J connectivity index is 1.86. The van der Waals surface area contributed by atoms with Gasteiger partial charge in [0, 0.05) is 38.6 Å². The highest BCUT2D eigenvalue weighted by atomic mass is 16.2. The molecule has 0 aliphatic heterocycles. The van der Waals surface area contributed by atoms with E-state index in [9.17, 15) is 14.4 Å². The second kappa shape index (κ2) is 8.08. The van der Waals surface area contributed by atoms with Crippen molar-refractivity contribution in [3.05, 3.63) is 68.5 Å². The van der Waals surface area contributed by atoms with Crippen molar-refractivity contribution in [3.8, 4) is 0 Å². The number of nitrogens with one attached hydrogen (secondary N) is 2. The van der Waals surface area contributed by atoms with Crippen molar-refractivity contribution in [1.29, 1.82) is 0 Å². The van der Waals surface area contributed by atoms with Crippen LogP contribution in [0.5, 0.6) is 0 Å². The Morgan fingerprint density at radius 3 is 2.64 bits per heavy atom. The summed E-state index contributed by atoms with van der Waals surface area (Å²) >= 11 is 0. The van der Waals surface area contributed by atoms with Gasteiger partial charge in [-0.3, -0.25) is 19.1 Å². The number of anilines is 1. The van der Waals surface area contributed by atoms with E-state index in [1.807, 2.05) is 49.2 Å². The Morgan fingerprint density at radius 2 is 1.96 bits per heavy atom. The molecule has 3 rings (SSSR count). The van der Waals surface area contributed by atoms with Crippen LogP contribution in [-0.4, -0.2) is 40.6 Å². The molecular formula is C20H23N5O3. The molecule has 0 radical (unpaired) electrons. The van der Waals surface area contributed by atoms with E-state index < -0.39 is 11.2 Å². The highest BCUT2D eigenvalue weighted by Gasteiger charge is 2.18. The van der Waals surface area contributed by atoms with Crippen molar-refractivity contribution < 1.29 is 4.79 Å². The van der Waals surface area contributed by atoms with E-state index in [1.54, 1.807) is 6.07 Å². The summed E-state index contributed by atoms with van der Waals surface area (Å²) in [6.45, 7) is 2.91. The van der Waals surface area contributed by atoms with Crippen LogP contribution < -0.4 is 21.5 Å². The third-order valence-electron chi connectivity index (χ3n) is 4.66. The number of pyridine rings is 1. The van der Waals surface area contributed by atoms with Gasteiger partial charge in [0.15, 0.2) is 0 Å². The first-order valence-electron chi connectivity index (χ1n) is 9.09. The number of carbonyl (C=O) groups is 1. The highest BCUT2D eigenvalue weighted by molar-refractivity contribution is 6.05. The van der Waals surface area contributed by atoms with Crippen LogP contribution in [0, 0.1) is 0 Å². The van der Waals surface area contributed by atoms with Gasteiger partial charge in [-0.25, -0.2) is 9.78 Å². The van der Waals surface area contributed by atoms with E-state index >= 15 is 0 Å². The molecule has 0 aliphatic rings. The number of amides is 1. The Hall–Kier alpha value is -3.42. The molecule has 0 spiro atoms. The monoisotopic (exact) mass is 381 g/mol. The fourth-order valence-electron chi connectivity index (χ4n) is 2.99. The van der Waals surface area contributed by atoms with Crippen LogP contribution in [0.15, 0.2) is 46.0 Å². The molecule has 2 heterocycles. The minimum atomic E-state index is -0.611. The number of hydrogen-bond acceptors (Lipinski definition) is 5.